The van der Waals surface area contributed by atoms with E-state index < -0.39 is 6.10 Å². The normalized spacial score (nSPS) is 13.6. The minimum absolute atomic E-state index is 0.0577. The minimum atomic E-state index is -0.571. The molecule has 0 bridgehead atoms. The molecule has 2 aromatic carbocycles. The molecule has 0 aliphatic heterocycles. The Hall–Kier alpha value is -2.49. The van der Waals surface area contributed by atoms with E-state index in [4.69, 9.17) is 9.47 Å². The molecule has 2 aromatic rings. The molecule has 0 fully saturated rings. The van der Waals surface area contributed by atoms with Gasteiger partial charge in [-0.05, 0) is 54.2 Å². The second-order valence-electron chi connectivity index (χ2n) is 7.78. The van der Waals surface area contributed by atoms with Crippen molar-refractivity contribution in [2.75, 3.05) is 7.11 Å². The zero-order chi connectivity index (χ0) is 20.0. The number of hydrogen-bond donors (Lipinski definition) is 1. The molecule has 4 heteroatoms. The van der Waals surface area contributed by atoms with E-state index >= 15 is 0 Å². The van der Waals surface area contributed by atoms with Gasteiger partial charge in [0.2, 0.25) is 0 Å². The van der Waals surface area contributed by atoms with Crippen molar-refractivity contribution in [3.63, 3.8) is 0 Å². The molecule has 0 saturated heterocycles. The van der Waals surface area contributed by atoms with Crippen LogP contribution in [-0.4, -0.2) is 19.1 Å². The van der Waals surface area contributed by atoms with Crippen LogP contribution in [0.1, 0.15) is 58.2 Å². The van der Waals surface area contributed by atoms with Crippen LogP contribution in [0.3, 0.4) is 0 Å². The van der Waals surface area contributed by atoms with Gasteiger partial charge in [-0.15, -0.1) is 0 Å². The number of amides is 1. The van der Waals surface area contributed by atoms with E-state index in [1.807, 2.05) is 55.5 Å². The van der Waals surface area contributed by atoms with E-state index in [9.17, 15) is 4.79 Å². The summed E-state index contributed by atoms with van der Waals surface area (Å²) >= 11 is 0. The predicted molar refractivity (Wildman–Crippen MR) is 109 cm³/mol. The molecule has 1 amide bonds. The second kappa shape index (κ2) is 8.94. The Morgan fingerprint density at radius 2 is 1.56 bits per heavy atom. The quantitative estimate of drug-likeness (QED) is 0.745. The van der Waals surface area contributed by atoms with Crippen LogP contribution >= 0.6 is 0 Å². The van der Waals surface area contributed by atoms with E-state index in [0.29, 0.717) is 5.75 Å². The number of benzene rings is 2. The maximum atomic E-state index is 12.6. The van der Waals surface area contributed by atoms with Crippen molar-refractivity contribution < 1.29 is 14.3 Å². The van der Waals surface area contributed by atoms with Crippen LogP contribution in [0.5, 0.6) is 11.5 Å². The second-order valence-corrected chi connectivity index (χ2v) is 7.78. The average Bonchev–Trinajstić information content (AvgIpc) is 2.65. The SMILES string of the molecule is CC[C@H](NC(=O)[C@@H](C)Oc1ccc(C(C)(C)C)cc1)c1ccc(OC)cc1. The van der Waals surface area contributed by atoms with E-state index in [1.54, 1.807) is 14.0 Å². The minimum Gasteiger partial charge on any atom is -0.497 e. The summed E-state index contributed by atoms with van der Waals surface area (Å²) in [5.41, 5.74) is 2.37. The Morgan fingerprint density at radius 3 is 2.04 bits per heavy atom. The molecule has 2 atom stereocenters. The van der Waals surface area contributed by atoms with Crippen molar-refractivity contribution >= 4 is 5.91 Å². The zero-order valence-electron chi connectivity index (χ0n) is 17.2. The average molecular weight is 370 g/mol. The van der Waals surface area contributed by atoms with Gasteiger partial charge >= 0.3 is 0 Å². The number of carbonyl (C=O) groups is 1. The fraction of sp³-hybridized carbons (Fsp3) is 0.435. The van der Waals surface area contributed by atoms with Gasteiger partial charge in [-0.3, -0.25) is 4.79 Å². The van der Waals surface area contributed by atoms with Gasteiger partial charge in [0.15, 0.2) is 6.10 Å². The summed E-state index contributed by atoms with van der Waals surface area (Å²) < 4.78 is 11.0. The first-order valence-corrected chi connectivity index (χ1v) is 9.46. The van der Waals surface area contributed by atoms with Crippen molar-refractivity contribution in [3.8, 4) is 11.5 Å². The van der Waals surface area contributed by atoms with E-state index in [-0.39, 0.29) is 17.4 Å². The summed E-state index contributed by atoms with van der Waals surface area (Å²) in [4.78, 5) is 12.6. The Labute approximate surface area is 162 Å². The fourth-order valence-corrected chi connectivity index (χ4v) is 2.84. The van der Waals surface area contributed by atoms with Gasteiger partial charge in [0.05, 0.1) is 13.2 Å². The lowest BCUT2D eigenvalue weighted by molar-refractivity contribution is -0.128. The standard InChI is InChI=1S/C23H31NO3/c1-7-21(17-8-12-19(26-6)13-9-17)24-22(25)16(2)27-20-14-10-18(11-15-20)23(3,4)5/h8-16,21H,7H2,1-6H3,(H,24,25)/t16-,21+/m1/s1. The van der Waals surface area contributed by atoms with Gasteiger partial charge in [-0.25, -0.2) is 0 Å². The number of ether oxygens (including phenoxy) is 2. The smallest absolute Gasteiger partial charge is 0.261 e. The van der Waals surface area contributed by atoms with E-state index in [1.165, 1.54) is 5.56 Å². The molecule has 4 nitrogen and oxygen atoms in total. The van der Waals surface area contributed by atoms with Crippen molar-refractivity contribution in [1.82, 2.24) is 5.32 Å². The molecule has 0 heterocycles. The van der Waals surface area contributed by atoms with Crippen LogP contribution < -0.4 is 14.8 Å². The number of hydrogen-bond acceptors (Lipinski definition) is 3. The summed E-state index contributed by atoms with van der Waals surface area (Å²) in [5.74, 6) is 1.37. The fourth-order valence-electron chi connectivity index (χ4n) is 2.84. The lowest BCUT2D eigenvalue weighted by Crippen LogP contribution is -2.38. The maximum absolute atomic E-state index is 12.6. The lowest BCUT2D eigenvalue weighted by Gasteiger charge is -2.22. The molecule has 27 heavy (non-hydrogen) atoms. The molecule has 0 radical (unpaired) electrons. The monoisotopic (exact) mass is 369 g/mol. The van der Waals surface area contributed by atoms with E-state index in [2.05, 4.69) is 26.1 Å². The Balaban J connectivity index is 1.98. The largest absolute Gasteiger partial charge is 0.497 e. The molecule has 1 N–H and O–H groups in total. The van der Waals surface area contributed by atoms with Crippen LogP contribution in [-0.2, 0) is 10.2 Å². The molecular formula is C23H31NO3. The first-order chi connectivity index (χ1) is 12.7. The van der Waals surface area contributed by atoms with Crippen LogP contribution in [0.4, 0.5) is 0 Å². The van der Waals surface area contributed by atoms with Gasteiger partial charge in [0, 0.05) is 0 Å². The number of rotatable bonds is 7. The van der Waals surface area contributed by atoms with Crippen molar-refractivity contribution in [2.45, 2.75) is 58.6 Å². The molecule has 146 valence electrons. The predicted octanol–water partition coefficient (Wildman–Crippen LogP) is 5.03. The molecule has 2 rings (SSSR count). The lowest BCUT2D eigenvalue weighted by atomic mass is 9.87. The van der Waals surface area contributed by atoms with Crippen molar-refractivity contribution in [1.29, 1.82) is 0 Å². The molecule has 0 aromatic heterocycles. The number of carbonyl (C=O) groups excluding carboxylic acids is 1. The van der Waals surface area contributed by atoms with Gasteiger partial charge in [0.25, 0.3) is 5.91 Å². The molecule has 0 saturated carbocycles. The summed E-state index contributed by atoms with van der Waals surface area (Å²) in [7, 11) is 1.64. The highest BCUT2D eigenvalue weighted by Crippen LogP contribution is 2.25. The third-order valence-corrected chi connectivity index (χ3v) is 4.65. The van der Waals surface area contributed by atoms with Crippen LogP contribution in [0, 0.1) is 0 Å². The summed E-state index contributed by atoms with van der Waals surface area (Å²) in [6.07, 6.45) is 0.225. The third-order valence-electron chi connectivity index (χ3n) is 4.65. The molecule has 0 spiro atoms. The third kappa shape index (κ3) is 5.75. The molecule has 0 unspecified atom stereocenters. The van der Waals surface area contributed by atoms with Gasteiger partial charge < -0.3 is 14.8 Å². The molecule has 0 aliphatic carbocycles. The van der Waals surface area contributed by atoms with Gasteiger partial charge in [-0.1, -0.05) is 52.0 Å². The van der Waals surface area contributed by atoms with Crippen LogP contribution in [0.25, 0.3) is 0 Å². The first kappa shape index (κ1) is 20.8. The highest BCUT2D eigenvalue weighted by atomic mass is 16.5. The maximum Gasteiger partial charge on any atom is 0.261 e. The number of methoxy groups -OCH3 is 1. The summed E-state index contributed by atoms with van der Waals surface area (Å²) in [6, 6.07) is 15.6. The summed E-state index contributed by atoms with van der Waals surface area (Å²) in [5, 5.41) is 3.07. The highest BCUT2D eigenvalue weighted by molar-refractivity contribution is 5.81. The Kier molecular flexibility index (Phi) is 6.89. The van der Waals surface area contributed by atoms with Gasteiger partial charge in [-0.2, -0.15) is 0 Å². The Morgan fingerprint density at radius 1 is 1.00 bits per heavy atom. The topological polar surface area (TPSA) is 47.6 Å². The van der Waals surface area contributed by atoms with Crippen LogP contribution in [0.2, 0.25) is 0 Å². The molecular weight excluding hydrogens is 338 g/mol. The van der Waals surface area contributed by atoms with E-state index in [0.717, 1.165) is 17.7 Å². The molecule has 0 aliphatic rings. The van der Waals surface area contributed by atoms with Crippen molar-refractivity contribution in [3.05, 3.63) is 59.7 Å². The summed E-state index contributed by atoms with van der Waals surface area (Å²) in [6.45, 7) is 10.3. The first-order valence-electron chi connectivity index (χ1n) is 9.46. The van der Waals surface area contributed by atoms with Crippen molar-refractivity contribution in [2.24, 2.45) is 0 Å². The van der Waals surface area contributed by atoms with Gasteiger partial charge in [0.1, 0.15) is 11.5 Å². The number of nitrogens with one attached hydrogen (secondary N) is 1. The Bertz CT molecular complexity index is 730. The zero-order valence-corrected chi connectivity index (χ0v) is 17.2. The highest BCUT2D eigenvalue weighted by Gasteiger charge is 2.20. The van der Waals surface area contributed by atoms with Crippen LogP contribution in [0.15, 0.2) is 48.5 Å².